The summed E-state index contributed by atoms with van der Waals surface area (Å²) in [6.07, 6.45) is 0. The molecule has 0 radical (unpaired) electrons. The zero-order chi connectivity index (χ0) is 9.84. The van der Waals surface area contributed by atoms with E-state index < -0.39 is 11.9 Å². The lowest BCUT2D eigenvalue weighted by molar-refractivity contribution is -0.147. The highest BCUT2D eigenvalue weighted by Crippen LogP contribution is 2.11. The fourth-order valence-electron chi connectivity index (χ4n) is 0.801. The van der Waals surface area contributed by atoms with Gasteiger partial charge in [0, 0.05) is 11.4 Å². The van der Waals surface area contributed by atoms with E-state index in [0.717, 1.165) is 0 Å². The molecule has 68 valence electrons. The van der Waals surface area contributed by atoms with Crippen molar-refractivity contribution >= 4 is 23.3 Å². The van der Waals surface area contributed by atoms with Gasteiger partial charge in [-0.2, -0.15) is 0 Å². The van der Waals surface area contributed by atoms with Gasteiger partial charge in [-0.25, -0.2) is 4.79 Å². The van der Waals surface area contributed by atoms with E-state index in [0.29, 0.717) is 11.4 Å². The van der Waals surface area contributed by atoms with E-state index in [2.05, 4.69) is 5.32 Å². The number of carbonyl (C=O) groups excluding carboxylic acids is 1. The minimum absolute atomic E-state index is 0.368. The number of amides is 1. The Morgan fingerprint density at radius 1 is 1.38 bits per heavy atom. The zero-order valence-corrected chi connectivity index (χ0v) is 6.65. The van der Waals surface area contributed by atoms with Gasteiger partial charge >= 0.3 is 11.9 Å². The summed E-state index contributed by atoms with van der Waals surface area (Å²) in [7, 11) is 0. The van der Waals surface area contributed by atoms with Crippen molar-refractivity contribution in [3.8, 4) is 0 Å². The third kappa shape index (κ3) is 2.48. The van der Waals surface area contributed by atoms with Crippen molar-refractivity contribution in [1.29, 1.82) is 0 Å². The SMILES string of the molecule is Nc1cccc(NC(=O)C(=O)O)c1. The average Bonchev–Trinajstić information content (AvgIpc) is 2.04. The van der Waals surface area contributed by atoms with Crippen molar-refractivity contribution in [2.75, 3.05) is 11.1 Å². The van der Waals surface area contributed by atoms with Crippen LogP contribution in [0.5, 0.6) is 0 Å². The number of rotatable bonds is 1. The van der Waals surface area contributed by atoms with Gasteiger partial charge in [-0.05, 0) is 18.2 Å². The number of hydrogen-bond acceptors (Lipinski definition) is 3. The second-order valence-electron chi connectivity index (χ2n) is 2.38. The number of hydrogen-bond donors (Lipinski definition) is 3. The van der Waals surface area contributed by atoms with Crippen LogP contribution in [0.1, 0.15) is 0 Å². The highest BCUT2D eigenvalue weighted by molar-refractivity contribution is 6.36. The number of anilines is 2. The predicted molar refractivity (Wildman–Crippen MR) is 47.1 cm³/mol. The Morgan fingerprint density at radius 3 is 2.62 bits per heavy atom. The van der Waals surface area contributed by atoms with Gasteiger partial charge in [-0.15, -0.1) is 0 Å². The number of carbonyl (C=O) groups is 2. The summed E-state index contributed by atoms with van der Waals surface area (Å²) in [6.45, 7) is 0. The molecule has 0 atom stereocenters. The molecule has 0 unspecified atom stereocenters. The molecular weight excluding hydrogens is 172 g/mol. The average molecular weight is 180 g/mol. The molecule has 0 bridgehead atoms. The second-order valence-corrected chi connectivity index (χ2v) is 2.38. The number of carboxylic acid groups (broad SMARTS) is 1. The molecule has 1 aromatic carbocycles. The number of nitrogen functional groups attached to an aromatic ring is 1. The van der Waals surface area contributed by atoms with Crippen LogP contribution in [0.2, 0.25) is 0 Å². The molecule has 5 nitrogen and oxygen atoms in total. The summed E-state index contributed by atoms with van der Waals surface area (Å²) >= 11 is 0. The van der Waals surface area contributed by atoms with Gasteiger partial charge in [0.05, 0.1) is 0 Å². The Balaban J connectivity index is 2.75. The Morgan fingerprint density at radius 2 is 2.08 bits per heavy atom. The Hall–Kier alpha value is -2.04. The molecule has 4 N–H and O–H groups in total. The van der Waals surface area contributed by atoms with Crippen LogP contribution in [0.25, 0.3) is 0 Å². The lowest BCUT2D eigenvalue weighted by Gasteiger charge is -2.01. The standard InChI is InChI=1S/C8H8N2O3/c9-5-2-1-3-6(4-5)10-7(11)8(12)13/h1-4H,9H2,(H,10,11)(H,12,13). The van der Waals surface area contributed by atoms with Crippen molar-refractivity contribution in [2.24, 2.45) is 0 Å². The van der Waals surface area contributed by atoms with Crippen molar-refractivity contribution in [1.82, 2.24) is 0 Å². The summed E-state index contributed by atoms with van der Waals surface area (Å²) in [5.74, 6) is -2.60. The Bertz CT molecular complexity index is 349. The first kappa shape index (κ1) is 9.05. The van der Waals surface area contributed by atoms with Crippen LogP contribution in [0.15, 0.2) is 24.3 Å². The monoisotopic (exact) mass is 180 g/mol. The number of carboxylic acids is 1. The highest BCUT2D eigenvalue weighted by Gasteiger charge is 2.10. The van der Waals surface area contributed by atoms with Crippen LogP contribution in [0, 0.1) is 0 Å². The summed E-state index contributed by atoms with van der Waals surface area (Å²) in [5.41, 5.74) is 6.24. The molecule has 0 aliphatic rings. The molecule has 0 fully saturated rings. The molecule has 1 aromatic rings. The third-order valence-electron chi connectivity index (χ3n) is 1.34. The molecule has 0 saturated heterocycles. The number of nitrogens with one attached hydrogen (secondary N) is 1. The Kier molecular flexibility index (Phi) is 2.49. The first-order valence-corrected chi connectivity index (χ1v) is 3.49. The summed E-state index contributed by atoms with van der Waals surface area (Å²) in [5, 5.41) is 10.4. The lowest BCUT2D eigenvalue weighted by atomic mass is 10.3. The minimum atomic E-state index is -1.53. The smallest absolute Gasteiger partial charge is 0.394 e. The molecule has 0 spiro atoms. The minimum Gasteiger partial charge on any atom is -0.474 e. The van der Waals surface area contributed by atoms with Gasteiger partial charge in [0.15, 0.2) is 0 Å². The molecular formula is C8H8N2O3. The van der Waals surface area contributed by atoms with Crippen molar-refractivity contribution in [3.05, 3.63) is 24.3 Å². The molecule has 0 heterocycles. The summed E-state index contributed by atoms with van der Waals surface area (Å²) < 4.78 is 0. The molecule has 1 rings (SSSR count). The highest BCUT2D eigenvalue weighted by atomic mass is 16.4. The first-order chi connectivity index (χ1) is 6.09. The van der Waals surface area contributed by atoms with Gasteiger partial charge < -0.3 is 16.2 Å². The fraction of sp³-hybridized carbons (Fsp3) is 0. The maximum Gasteiger partial charge on any atom is 0.394 e. The van der Waals surface area contributed by atoms with E-state index in [9.17, 15) is 9.59 Å². The number of benzene rings is 1. The van der Waals surface area contributed by atoms with Gasteiger partial charge in [-0.3, -0.25) is 4.79 Å². The maximum atomic E-state index is 10.7. The van der Waals surface area contributed by atoms with Crippen LogP contribution in [0.4, 0.5) is 11.4 Å². The largest absolute Gasteiger partial charge is 0.474 e. The number of aliphatic carboxylic acids is 1. The van der Waals surface area contributed by atoms with Gasteiger partial charge in [-0.1, -0.05) is 6.07 Å². The maximum absolute atomic E-state index is 10.7. The van der Waals surface area contributed by atoms with Gasteiger partial charge in [0.1, 0.15) is 0 Å². The van der Waals surface area contributed by atoms with Crippen LogP contribution in [0.3, 0.4) is 0 Å². The summed E-state index contributed by atoms with van der Waals surface area (Å²) in [4.78, 5) is 20.8. The molecule has 0 aliphatic carbocycles. The predicted octanol–water partition coefficient (Wildman–Crippen LogP) is 0.292. The lowest BCUT2D eigenvalue weighted by Crippen LogP contribution is -2.21. The normalized spacial score (nSPS) is 9.23. The van der Waals surface area contributed by atoms with E-state index in [1.165, 1.54) is 6.07 Å². The van der Waals surface area contributed by atoms with E-state index in [1.807, 2.05) is 0 Å². The molecule has 13 heavy (non-hydrogen) atoms. The number of nitrogens with two attached hydrogens (primary N) is 1. The van der Waals surface area contributed by atoms with E-state index in [4.69, 9.17) is 10.8 Å². The van der Waals surface area contributed by atoms with E-state index in [-0.39, 0.29) is 0 Å². The zero-order valence-electron chi connectivity index (χ0n) is 6.65. The first-order valence-electron chi connectivity index (χ1n) is 3.49. The molecule has 5 heteroatoms. The third-order valence-corrected chi connectivity index (χ3v) is 1.34. The Labute approximate surface area is 74.2 Å². The summed E-state index contributed by atoms with van der Waals surface area (Å²) in [6, 6.07) is 6.28. The van der Waals surface area contributed by atoms with Crippen LogP contribution >= 0.6 is 0 Å². The van der Waals surface area contributed by atoms with Crippen LogP contribution < -0.4 is 11.1 Å². The van der Waals surface area contributed by atoms with E-state index in [1.54, 1.807) is 18.2 Å². The van der Waals surface area contributed by atoms with Crippen molar-refractivity contribution in [2.45, 2.75) is 0 Å². The van der Waals surface area contributed by atoms with Crippen LogP contribution in [-0.4, -0.2) is 17.0 Å². The fourth-order valence-corrected chi connectivity index (χ4v) is 0.801. The van der Waals surface area contributed by atoms with Gasteiger partial charge in [0.2, 0.25) is 0 Å². The van der Waals surface area contributed by atoms with Crippen LogP contribution in [-0.2, 0) is 9.59 Å². The molecule has 0 aliphatic heterocycles. The molecule has 0 aromatic heterocycles. The second kappa shape index (κ2) is 3.57. The molecule has 1 amide bonds. The van der Waals surface area contributed by atoms with Crippen molar-refractivity contribution < 1.29 is 14.7 Å². The quantitative estimate of drug-likeness (QED) is 0.428. The van der Waals surface area contributed by atoms with Gasteiger partial charge in [0.25, 0.3) is 0 Å². The van der Waals surface area contributed by atoms with Crippen molar-refractivity contribution in [3.63, 3.8) is 0 Å². The topological polar surface area (TPSA) is 92.4 Å². The van der Waals surface area contributed by atoms with E-state index >= 15 is 0 Å². The molecule has 0 saturated carbocycles.